The third-order valence-corrected chi connectivity index (χ3v) is 4.07. The van der Waals surface area contributed by atoms with Crippen molar-refractivity contribution < 1.29 is 29.6 Å². The Morgan fingerprint density at radius 1 is 1.10 bits per heavy atom. The summed E-state index contributed by atoms with van der Waals surface area (Å²) in [5.74, 6) is -2.84. The zero-order valence-electron chi connectivity index (χ0n) is 16.3. The van der Waals surface area contributed by atoms with E-state index in [9.17, 15) is 5.11 Å². The molecule has 0 spiro atoms. The summed E-state index contributed by atoms with van der Waals surface area (Å²) in [7, 11) is 0. The van der Waals surface area contributed by atoms with Crippen molar-refractivity contribution in [3.05, 3.63) is 61.2 Å². The fraction of sp³-hybridized carbons (Fsp3) is 0.286. The summed E-state index contributed by atoms with van der Waals surface area (Å²) >= 11 is 0. The smallest absolute Gasteiger partial charge is 0.414 e. The second kappa shape index (κ2) is 12.2. The number of aryl methyl sites for hydroxylation is 1. The number of carbonyl (C=O) groups is 2. The minimum Gasteiger partial charge on any atom is -0.490 e. The number of nitrogens with one attached hydrogen (secondary N) is 1. The highest BCUT2D eigenvalue weighted by atomic mass is 16.5. The predicted octanol–water partition coefficient (Wildman–Crippen LogP) is 1.61. The molecule has 2 aromatic carbocycles. The first-order chi connectivity index (χ1) is 14.5. The van der Waals surface area contributed by atoms with Gasteiger partial charge >= 0.3 is 11.9 Å². The minimum atomic E-state index is -1.82. The third kappa shape index (κ3) is 7.90. The van der Waals surface area contributed by atoms with Gasteiger partial charge in [-0.2, -0.15) is 0 Å². The number of nitrogens with zero attached hydrogens (tertiary/aromatic N) is 2. The molecule has 1 heterocycles. The Balaban J connectivity index is 0.000000469. The third-order valence-electron chi connectivity index (χ3n) is 4.07. The van der Waals surface area contributed by atoms with E-state index < -0.39 is 18.0 Å². The molecule has 1 aromatic heterocycles. The molecule has 0 amide bonds. The molecule has 9 nitrogen and oxygen atoms in total. The van der Waals surface area contributed by atoms with Gasteiger partial charge < -0.3 is 29.9 Å². The Kier molecular flexibility index (Phi) is 9.29. The van der Waals surface area contributed by atoms with Crippen molar-refractivity contribution in [2.45, 2.75) is 19.1 Å². The lowest BCUT2D eigenvalue weighted by Crippen LogP contribution is -2.32. The number of rotatable bonds is 9. The SMILES string of the molecule is O=C(O)C(=O)O.OC(CNCCCn1ccnc1)COc1cccc2ccccc12. The largest absolute Gasteiger partial charge is 0.490 e. The Bertz CT molecular complexity index is 912. The van der Waals surface area contributed by atoms with Gasteiger partial charge in [0.05, 0.1) is 6.33 Å². The number of aliphatic carboxylic acids is 2. The van der Waals surface area contributed by atoms with E-state index in [2.05, 4.69) is 22.4 Å². The van der Waals surface area contributed by atoms with E-state index in [1.54, 1.807) is 6.20 Å². The normalized spacial score (nSPS) is 11.4. The quantitative estimate of drug-likeness (QED) is 0.306. The van der Waals surface area contributed by atoms with Gasteiger partial charge in [-0.3, -0.25) is 0 Å². The first kappa shape index (κ1) is 22.9. The van der Waals surface area contributed by atoms with Crippen LogP contribution in [0.15, 0.2) is 61.2 Å². The molecule has 0 radical (unpaired) electrons. The Labute approximate surface area is 173 Å². The van der Waals surface area contributed by atoms with E-state index in [4.69, 9.17) is 24.5 Å². The Hall–Kier alpha value is -3.43. The number of hydrogen-bond donors (Lipinski definition) is 4. The van der Waals surface area contributed by atoms with E-state index in [0.717, 1.165) is 36.0 Å². The van der Waals surface area contributed by atoms with Gasteiger partial charge in [-0.1, -0.05) is 36.4 Å². The Morgan fingerprint density at radius 3 is 2.53 bits per heavy atom. The molecule has 0 fully saturated rings. The lowest BCUT2D eigenvalue weighted by atomic mass is 10.1. The molecule has 160 valence electrons. The molecular weight excluding hydrogens is 390 g/mol. The molecule has 30 heavy (non-hydrogen) atoms. The van der Waals surface area contributed by atoms with Crippen molar-refractivity contribution >= 4 is 22.7 Å². The van der Waals surface area contributed by atoms with Gasteiger partial charge in [0.25, 0.3) is 0 Å². The summed E-state index contributed by atoms with van der Waals surface area (Å²) < 4.78 is 7.84. The van der Waals surface area contributed by atoms with Crippen LogP contribution in [0.1, 0.15) is 6.42 Å². The van der Waals surface area contributed by atoms with Crippen molar-refractivity contribution in [1.82, 2.24) is 14.9 Å². The second-order valence-electron chi connectivity index (χ2n) is 6.41. The number of ether oxygens (including phenoxy) is 1. The molecule has 9 heteroatoms. The maximum atomic E-state index is 10.1. The fourth-order valence-electron chi connectivity index (χ4n) is 2.64. The molecule has 0 aliphatic heterocycles. The average Bonchev–Trinajstić information content (AvgIpc) is 3.26. The van der Waals surface area contributed by atoms with Gasteiger partial charge in [0.2, 0.25) is 0 Å². The highest BCUT2D eigenvalue weighted by Gasteiger charge is 2.07. The van der Waals surface area contributed by atoms with Crippen LogP contribution in [0.5, 0.6) is 5.75 Å². The average molecular weight is 415 g/mol. The number of carboxylic acids is 2. The summed E-state index contributed by atoms with van der Waals surface area (Å²) in [4.78, 5) is 22.2. The zero-order chi connectivity index (χ0) is 21.8. The van der Waals surface area contributed by atoms with Gasteiger partial charge in [-0.25, -0.2) is 14.6 Å². The molecule has 1 unspecified atom stereocenters. The summed E-state index contributed by atoms with van der Waals surface area (Å²) in [6.45, 7) is 2.58. The molecule has 3 rings (SSSR count). The van der Waals surface area contributed by atoms with E-state index in [-0.39, 0.29) is 6.61 Å². The maximum absolute atomic E-state index is 10.1. The van der Waals surface area contributed by atoms with E-state index in [1.165, 1.54) is 0 Å². The van der Waals surface area contributed by atoms with Crippen LogP contribution in [-0.2, 0) is 16.1 Å². The molecule has 3 aromatic rings. The first-order valence-corrected chi connectivity index (χ1v) is 9.38. The summed E-state index contributed by atoms with van der Waals surface area (Å²) in [6.07, 6.45) is 6.01. The lowest BCUT2D eigenvalue weighted by molar-refractivity contribution is -0.159. The van der Waals surface area contributed by atoms with Crippen molar-refractivity contribution in [2.75, 3.05) is 19.7 Å². The van der Waals surface area contributed by atoms with E-state index in [1.807, 2.05) is 47.4 Å². The predicted molar refractivity (Wildman–Crippen MR) is 110 cm³/mol. The number of benzene rings is 2. The molecule has 0 aliphatic carbocycles. The zero-order valence-corrected chi connectivity index (χ0v) is 16.3. The van der Waals surface area contributed by atoms with Gasteiger partial charge in [0.1, 0.15) is 18.5 Å². The summed E-state index contributed by atoms with van der Waals surface area (Å²) in [5.41, 5.74) is 0. The van der Waals surface area contributed by atoms with Crippen molar-refractivity contribution in [3.63, 3.8) is 0 Å². The molecule has 1 atom stereocenters. The summed E-state index contributed by atoms with van der Waals surface area (Å²) in [5, 5.41) is 30.3. The van der Waals surface area contributed by atoms with Crippen molar-refractivity contribution in [1.29, 1.82) is 0 Å². The number of aliphatic hydroxyl groups is 1. The minimum absolute atomic E-state index is 0.280. The molecule has 0 bridgehead atoms. The number of imidazole rings is 1. The highest BCUT2D eigenvalue weighted by molar-refractivity contribution is 6.27. The van der Waals surface area contributed by atoms with E-state index >= 15 is 0 Å². The molecule has 0 saturated carbocycles. The lowest BCUT2D eigenvalue weighted by Gasteiger charge is -2.14. The fourth-order valence-corrected chi connectivity index (χ4v) is 2.64. The van der Waals surface area contributed by atoms with Crippen molar-refractivity contribution in [3.8, 4) is 5.75 Å². The standard InChI is InChI=1S/C19H23N3O2.C2H2O4/c23-17(13-20-9-4-11-22-12-10-21-15-22)14-24-19-8-3-6-16-5-1-2-7-18(16)19;3-1(4)2(5)6/h1-3,5-8,10,12,15,17,20,23H,4,9,11,13-14H2;(H,3,4)(H,5,6). The monoisotopic (exact) mass is 415 g/mol. The highest BCUT2D eigenvalue weighted by Crippen LogP contribution is 2.25. The molecular formula is C21H25N3O6. The van der Waals surface area contributed by atoms with Crippen LogP contribution in [-0.4, -0.2) is 62.6 Å². The maximum Gasteiger partial charge on any atom is 0.414 e. The number of hydrogen-bond acceptors (Lipinski definition) is 6. The van der Waals surface area contributed by atoms with Crippen LogP contribution < -0.4 is 10.1 Å². The Morgan fingerprint density at radius 2 is 1.83 bits per heavy atom. The molecule has 0 aliphatic rings. The van der Waals surface area contributed by atoms with Crippen LogP contribution in [0, 0.1) is 0 Å². The van der Waals surface area contributed by atoms with Crippen molar-refractivity contribution in [2.24, 2.45) is 0 Å². The number of fused-ring (bicyclic) bond motifs is 1. The molecule has 0 saturated heterocycles. The van der Waals surface area contributed by atoms with Gasteiger partial charge in [0, 0.05) is 30.9 Å². The van der Waals surface area contributed by atoms with Crippen LogP contribution in [0.4, 0.5) is 0 Å². The number of aromatic nitrogens is 2. The van der Waals surface area contributed by atoms with Crippen LogP contribution in [0.2, 0.25) is 0 Å². The second-order valence-corrected chi connectivity index (χ2v) is 6.41. The van der Waals surface area contributed by atoms with Crippen LogP contribution >= 0.6 is 0 Å². The van der Waals surface area contributed by atoms with Gasteiger partial charge in [0.15, 0.2) is 0 Å². The van der Waals surface area contributed by atoms with Gasteiger partial charge in [-0.05, 0) is 24.4 Å². The topological polar surface area (TPSA) is 134 Å². The van der Waals surface area contributed by atoms with Gasteiger partial charge in [-0.15, -0.1) is 0 Å². The van der Waals surface area contributed by atoms with Crippen LogP contribution in [0.25, 0.3) is 10.8 Å². The first-order valence-electron chi connectivity index (χ1n) is 9.38. The molecule has 4 N–H and O–H groups in total. The number of aliphatic hydroxyl groups excluding tert-OH is 1. The van der Waals surface area contributed by atoms with E-state index in [0.29, 0.717) is 6.54 Å². The number of carboxylic acid groups (broad SMARTS) is 2. The van der Waals surface area contributed by atoms with Crippen LogP contribution in [0.3, 0.4) is 0 Å². The summed E-state index contributed by atoms with van der Waals surface area (Å²) in [6, 6.07) is 14.1.